The fourth-order valence-electron chi connectivity index (χ4n) is 3.07. The average molecular weight is 288 g/mol. The second kappa shape index (κ2) is 6.39. The van der Waals surface area contributed by atoms with Gasteiger partial charge in [-0.25, -0.2) is 4.98 Å². The first-order valence-corrected chi connectivity index (χ1v) is 7.95. The van der Waals surface area contributed by atoms with Gasteiger partial charge in [-0.05, 0) is 39.2 Å². The molecule has 6 heteroatoms. The number of aryl methyl sites for hydroxylation is 1. The Labute approximate surface area is 125 Å². The predicted octanol–water partition coefficient (Wildman–Crippen LogP) is 1.79. The van der Waals surface area contributed by atoms with Crippen molar-refractivity contribution in [1.82, 2.24) is 24.9 Å². The summed E-state index contributed by atoms with van der Waals surface area (Å²) in [4.78, 5) is 7.01. The maximum atomic E-state index is 4.60. The van der Waals surface area contributed by atoms with Crippen molar-refractivity contribution in [3.05, 3.63) is 18.2 Å². The van der Waals surface area contributed by atoms with Gasteiger partial charge in [0, 0.05) is 31.5 Å². The predicted molar refractivity (Wildman–Crippen MR) is 83.7 cm³/mol. The van der Waals surface area contributed by atoms with Crippen molar-refractivity contribution in [3.63, 3.8) is 0 Å². The SMILES string of the molecule is CCCNCC1CCCCN1c1nccn2c(C)nnc12. The maximum Gasteiger partial charge on any atom is 0.203 e. The van der Waals surface area contributed by atoms with E-state index in [1.807, 2.05) is 23.7 Å². The van der Waals surface area contributed by atoms with Crippen molar-refractivity contribution in [2.75, 3.05) is 24.5 Å². The van der Waals surface area contributed by atoms with Gasteiger partial charge in [0.1, 0.15) is 5.82 Å². The van der Waals surface area contributed by atoms with Crippen LogP contribution in [0.4, 0.5) is 5.82 Å². The number of piperidine rings is 1. The number of anilines is 1. The van der Waals surface area contributed by atoms with Gasteiger partial charge in [0.15, 0.2) is 5.82 Å². The van der Waals surface area contributed by atoms with Crippen LogP contribution in [-0.4, -0.2) is 45.3 Å². The van der Waals surface area contributed by atoms with Crippen molar-refractivity contribution in [1.29, 1.82) is 0 Å². The number of hydrogen-bond donors (Lipinski definition) is 1. The molecule has 114 valence electrons. The highest BCUT2D eigenvalue weighted by Gasteiger charge is 2.25. The van der Waals surface area contributed by atoms with Crippen LogP contribution in [0.3, 0.4) is 0 Å². The summed E-state index contributed by atoms with van der Waals surface area (Å²) in [6.07, 6.45) is 8.69. The third-order valence-corrected chi connectivity index (χ3v) is 4.18. The minimum absolute atomic E-state index is 0.501. The van der Waals surface area contributed by atoms with E-state index in [9.17, 15) is 0 Å². The molecule has 3 rings (SSSR count). The van der Waals surface area contributed by atoms with Gasteiger partial charge in [0.05, 0.1) is 0 Å². The standard InChI is InChI=1S/C15H24N6/c1-3-7-16-11-13-6-4-5-9-21(13)14-15-19-18-12(2)20(15)10-8-17-14/h8,10,13,16H,3-7,9,11H2,1-2H3. The molecule has 0 aromatic carbocycles. The van der Waals surface area contributed by atoms with Crippen LogP contribution in [0.15, 0.2) is 12.4 Å². The monoisotopic (exact) mass is 288 g/mol. The lowest BCUT2D eigenvalue weighted by molar-refractivity contribution is 0.433. The second-order valence-corrected chi connectivity index (χ2v) is 5.74. The van der Waals surface area contributed by atoms with Gasteiger partial charge in [-0.15, -0.1) is 10.2 Å². The van der Waals surface area contributed by atoms with E-state index in [4.69, 9.17) is 0 Å². The van der Waals surface area contributed by atoms with Crippen molar-refractivity contribution < 1.29 is 0 Å². The van der Waals surface area contributed by atoms with E-state index in [0.29, 0.717) is 6.04 Å². The van der Waals surface area contributed by atoms with Crippen molar-refractivity contribution in [2.24, 2.45) is 0 Å². The van der Waals surface area contributed by atoms with Gasteiger partial charge in [0.2, 0.25) is 5.65 Å². The molecular weight excluding hydrogens is 264 g/mol. The van der Waals surface area contributed by atoms with Crippen LogP contribution < -0.4 is 10.2 Å². The van der Waals surface area contributed by atoms with Gasteiger partial charge in [-0.1, -0.05) is 6.92 Å². The van der Waals surface area contributed by atoms with Crippen LogP contribution in [-0.2, 0) is 0 Å². The Morgan fingerprint density at radius 2 is 2.24 bits per heavy atom. The van der Waals surface area contributed by atoms with E-state index in [1.165, 1.54) is 25.7 Å². The Balaban J connectivity index is 1.87. The minimum Gasteiger partial charge on any atom is -0.349 e. The lowest BCUT2D eigenvalue weighted by Crippen LogP contribution is -2.46. The molecular formula is C15H24N6. The van der Waals surface area contributed by atoms with Gasteiger partial charge in [-0.2, -0.15) is 0 Å². The molecule has 0 aliphatic carbocycles. The van der Waals surface area contributed by atoms with Gasteiger partial charge < -0.3 is 10.2 Å². The zero-order chi connectivity index (χ0) is 14.7. The third-order valence-electron chi connectivity index (χ3n) is 4.18. The van der Waals surface area contributed by atoms with Crippen molar-refractivity contribution in [3.8, 4) is 0 Å². The third kappa shape index (κ3) is 2.85. The minimum atomic E-state index is 0.501. The molecule has 2 aromatic heterocycles. The van der Waals surface area contributed by atoms with Crippen LogP contribution in [0.1, 0.15) is 38.4 Å². The van der Waals surface area contributed by atoms with E-state index in [2.05, 4.69) is 32.3 Å². The summed E-state index contributed by atoms with van der Waals surface area (Å²) in [5, 5.41) is 12.0. The number of aromatic nitrogens is 4. The molecule has 1 aliphatic rings. The lowest BCUT2D eigenvalue weighted by Gasteiger charge is -2.36. The topological polar surface area (TPSA) is 58.4 Å². The number of rotatable bonds is 5. The molecule has 1 saturated heterocycles. The second-order valence-electron chi connectivity index (χ2n) is 5.74. The smallest absolute Gasteiger partial charge is 0.203 e. The first-order valence-electron chi connectivity index (χ1n) is 7.95. The molecule has 1 fully saturated rings. The van der Waals surface area contributed by atoms with Crippen molar-refractivity contribution >= 4 is 11.5 Å². The molecule has 2 aromatic rings. The highest BCUT2D eigenvalue weighted by molar-refractivity contribution is 5.64. The van der Waals surface area contributed by atoms with Gasteiger partial charge in [-0.3, -0.25) is 4.40 Å². The summed E-state index contributed by atoms with van der Waals surface area (Å²) in [5.74, 6) is 1.88. The molecule has 3 heterocycles. The van der Waals surface area contributed by atoms with Crippen molar-refractivity contribution in [2.45, 2.75) is 45.6 Å². The Morgan fingerprint density at radius 1 is 1.33 bits per heavy atom. The zero-order valence-electron chi connectivity index (χ0n) is 12.9. The summed E-state index contributed by atoms with van der Waals surface area (Å²) in [6.45, 7) is 7.32. The number of nitrogens with one attached hydrogen (secondary N) is 1. The van der Waals surface area contributed by atoms with E-state index in [1.54, 1.807) is 0 Å². The molecule has 6 nitrogen and oxygen atoms in total. The van der Waals surface area contributed by atoms with Gasteiger partial charge in [0.25, 0.3) is 0 Å². The molecule has 1 N–H and O–H groups in total. The molecule has 0 amide bonds. The van der Waals surface area contributed by atoms with Crippen LogP contribution in [0.5, 0.6) is 0 Å². The molecule has 1 atom stereocenters. The number of nitrogens with zero attached hydrogens (tertiary/aromatic N) is 5. The summed E-state index contributed by atoms with van der Waals surface area (Å²) in [5.41, 5.74) is 0.873. The maximum absolute atomic E-state index is 4.60. The molecule has 21 heavy (non-hydrogen) atoms. The highest BCUT2D eigenvalue weighted by atomic mass is 15.3. The number of hydrogen-bond acceptors (Lipinski definition) is 5. The summed E-state index contributed by atoms with van der Waals surface area (Å²) in [7, 11) is 0. The van der Waals surface area contributed by atoms with Crippen LogP contribution in [0.2, 0.25) is 0 Å². The van der Waals surface area contributed by atoms with E-state index >= 15 is 0 Å². The summed E-state index contributed by atoms with van der Waals surface area (Å²) in [6, 6.07) is 0.501. The van der Waals surface area contributed by atoms with E-state index in [-0.39, 0.29) is 0 Å². The fourth-order valence-corrected chi connectivity index (χ4v) is 3.07. The lowest BCUT2D eigenvalue weighted by atomic mass is 10.0. The summed E-state index contributed by atoms with van der Waals surface area (Å²) >= 11 is 0. The molecule has 1 aliphatic heterocycles. The van der Waals surface area contributed by atoms with E-state index < -0.39 is 0 Å². The summed E-state index contributed by atoms with van der Waals surface area (Å²) < 4.78 is 2.02. The zero-order valence-corrected chi connectivity index (χ0v) is 12.9. The largest absolute Gasteiger partial charge is 0.349 e. The Bertz CT molecular complexity index is 593. The molecule has 1 unspecified atom stereocenters. The van der Waals surface area contributed by atoms with E-state index in [0.717, 1.165) is 36.9 Å². The first kappa shape index (κ1) is 14.3. The molecule has 0 bridgehead atoms. The molecule has 0 radical (unpaired) electrons. The Hall–Kier alpha value is -1.69. The van der Waals surface area contributed by atoms with Crippen LogP contribution >= 0.6 is 0 Å². The Kier molecular flexibility index (Phi) is 4.34. The molecule has 0 spiro atoms. The quantitative estimate of drug-likeness (QED) is 0.850. The van der Waals surface area contributed by atoms with Gasteiger partial charge >= 0.3 is 0 Å². The first-order chi connectivity index (χ1) is 10.3. The highest BCUT2D eigenvalue weighted by Crippen LogP contribution is 2.25. The van der Waals surface area contributed by atoms with Crippen LogP contribution in [0, 0.1) is 6.92 Å². The average Bonchev–Trinajstić information content (AvgIpc) is 2.90. The number of fused-ring (bicyclic) bond motifs is 1. The molecule has 0 saturated carbocycles. The van der Waals surface area contributed by atoms with Crippen LogP contribution in [0.25, 0.3) is 5.65 Å². The Morgan fingerprint density at radius 3 is 3.10 bits per heavy atom. The fraction of sp³-hybridized carbons (Fsp3) is 0.667. The normalized spacial score (nSPS) is 19.3.